The number of nitrogens with one attached hydrogen (secondary N) is 1. The molecular weight excluding hydrogens is 377 g/mol. The van der Waals surface area contributed by atoms with E-state index in [-0.39, 0.29) is 5.88 Å². The highest BCUT2D eigenvalue weighted by Crippen LogP contribution is 2.27. The van der Waals surface area contributed by atoms with Gasteiger partial charge in [-0.1, -0.05) is 0 Å². The molecule has 4 aromatic rings. The fourth-order valence-corrected chi connectivity index (χ4v) is 2.84. The highest BCUT2D eigenvalue weighted by molar-refractivity contribution is 5.89. The molecule has 0 fully saturated rings. The van der Waals surface area contributed by atoms with Gasteiger partial charge in [0.15, 0.2) is 11.5 Å². The largest absolute Gasteiger partial charge is 0.479 e. The standard InChI is InChI=1S/C20H16FN5O3/c1-28-18-16(21)10-13(11-22-18)15-4-3-9-26-17(15)24-20(25-26)23-14-7-5-12(6-8-14)19(27)29-2/h3-11H,1-2H3,(H,23,25). The van der Waals surface area contributed by atoms with E-state index < -0.39 is 11.8 Å². The van der Waals surface area contributed by atoms with Gasteiger partial charge in [-0.25, -0.2) is 18.7 Å². The molecule has 0 spiro atoms. The van der Waals surface area contributed by atoms with Crippen molar-refractivity contribution in [3.63, 3.8) is 0 Å². The minimum Gasteiger partial charge on any atom is -0.479 e. The lowest BCUT2D eigenvalue weighted by atomic mass is 10.1. The van der Waals surface area contributed by atoms with Gasteiger partial charge in [-0.05, 0) is 42.5 Å². The number of rotatable bonds is 5. The second kappa shape index (κ2) is 7.55. The first-order chi connectivity index (χ1) is 14.1. The summed E-state index contributed by atoms with van der Waals surface area (Å²) in [7, 11) is 2.69. The zero-order valence-electron chi connectivity index (χ0n) is 15.6. The molecular formula is C20H16FN5O3. The Morgan fingerprint density at radius 2 is 1.97 bits per heavy atom. The molecule has 0 bridgehead atoms. The quantitative estimate of drug-likeness (QED) is 0.519. The molecule has 29 heavy (non-hydrogen) atoms. The monoisotopic (exact) mass is 393 g/mol. The minimum atomic E-state index is -0.560. The first-order valence-corrected chi connectivity index (χ1v) is 8.60. The molecule has 0 unspecified atom stereocenters. The normalized spacial score (nSPS) is 10.7. The number of ether oxygens (including phenoxy) is 2. The molecule has 1 aromatic carbocycles. The number of esters is 1. The van der Waals surface area contributed by atoms with Gasteiger partial charge in [0.25, 0.3) is 0 Å². The maximum atomic E-state index is 14.1. The van der Waals surface area contributed by atoms with Crippen molar-refractivity contribution in [1.29, 1.82) is 0 Å². The molecule has 1 N–H and O–H groups in total. The van der Waals surface area contributed by atoms with Crippen LogP contribution in [0.5, 0.6) is 5.88 Å². The zero-order valence-corrected chi connectivity index (χ0v) is 15.6. The van der Waals surface area contributed by atoms with Gasteiger partial charge in [0.05, 0.1) is 19.8 Å². The van der Waals surface area contributed by atoms with Gasteiger partial charge >= 0.3 is 5.97 Å². The Morgan fingerprint density at radius 3 is 2.66 bits per heavy atom. The predicted molar refractivity (Wildman–Crippen MR) is 104 cm³/mol. The van der Waals surface area contributed by atoms with E-state index in [0.717, 1.165) is 0 Å². The Labute approximate surface area is 164 Å². The van der Waals surface area contributed by atoms with Crippen LogP contribution in [0.25, 0.3) is 16.8 Å². The summed E-state index contributed by atoms with van der Waals surface area (Å²) < 4.78 is 25.2. The molecule has 0 amide bonds. The Balaban J connectivity index is 1.66. The van der Waals surface area contributed by atoms with E-state index in [4.69, 9.17) is 4.74 Å². The summed E-state index contributed by atoms with van der Waals surface area (Å²) in [4.78, 5) is 20.0. The van der Waals surface area contributed by atoms with E-state index in [1.165, 1.54) is 26.5 Å². The molecule has 3 heterocycles. The van der Waals surface area contributed by atoms with Gasteiger partial charge in [0, 0.05) is 29.2 Å². The maximum Gasteiger partial charge on any atom is 0.337 e. The average molecular weight is 393 g/mol. The number of carbonyl (C=O) groups is 1. The van der Waals surface area contributed by atoms with Gasteiger partial charge < -0.3 is 14.8 Å². The lowest BCUT2D eigenvalue weighted by Crippen LogP contribution is -2.01. The molecule has 0 aliphatic carbocycles. The van der Waals surface area contributed by atoms with Crippen molar-refractivity contribution in [3.8, 4) is 17.0 Å². The van der Waals surface area contributed by atoms with Crippen LogP contribution in [0.3, 0.4) is 0 Å². The minimum absolute atomic E-state index is 0.0695. The lowest BCUT2D eigenvalue weighted by Gasteiger charge is -2.05. The number of halogens is 1. The van der Waals surface area contributed by atoms with Crippen molar-refractivity contribution in [2.45, 2.75) is 0 Å². The third-order valence-corrected chi connectivity index (χ3v) is 4.24. The number of carbonyl (C=O) groups excluding carboxylic acids is 1. The second-order valence-electron chi connectivity index (χ2n) is 6.03. The molecule has 0 atom stereocenters. The fraction of sp³-hybridized carbons (Fsp3) is 0.100. The van der Waals surface area contributed by atoms with Crippen molar-refractivity contribution < 1.29 is 18.7 Å². The second-order valence-corrected chi connectivity index (χ2v) is 6.03. The number of methoxy groups -OCH3 is 2. The Morgan fingerprint density at radius 1 is 1.17 bits per heavy atom. The third-order valence-electron chi connectivity index (χ3n) is 4.24. The van der Waals surface area contributed by atoms with Crippen LogP contribution in [0.4, 0.5) is 16.0 Å². The van der Waals surface area contributed by atoms with Gasteiger partial charge in [0.1, 0.15) is 0 Å². The summed E-state index contributed by atoms with van der Waals surface area (Å²) in [5.41, 5.74) is 2.90. The summed E-state index contributed by atoms with van der Waals surface area (Å²) in [6.07, 6.45) is 3.26. The van der Waals surface area contributed by atoms with E-state index in [0.29, 0.717) is 34.0 Å². The summed E-state index contributed by atoms with van der Waals surface area (Å²) in [6, 6.07) is 11.7. The molecule has 0 aliphatic rings. The number of benzene rings is 1. The Bertz CT molecular complexity index is 1190. The van der Waals surface area contributed by atoms with Crippen LogP contribution in [-0.4, -0.2) is 39.8 Å². The third kappa shape index (κ3) is 3.57. The number of aromatic nitrogens is 4. The molecule has 0 radical (unpaired) electrons. The van der Waals surface area contributed by atoms with Crippen molar-refractivity contribution in [2.24, 2.45) is 0 Å². The summed E-state index contributed by atoms with van der Waals surface area (Å²) >= 11 is 0. The Hall–Kier alpha value is -4.01. The van der Waals surface area contributed by atoms with Crippen LogP contribution in [0.15, 0.2) is 54.9 Å². The van der Waals surface area contributed by atoms with Gasteiger partial charge in [-0.3, -0.25) is 0 Å². The van der Waals surface area contributed by atoms with Crippen LogP contribution in [0.1, 0.15) is 10.4 Å². The van der Waals surface area contributed by atoms with Crippen LogP contribution in [-0.2, 0) is 4.74 Å². The van der Waals surface area contributed by atoms with Crippen LogP contribution >= 0.6 is 0 Å². The van der Waals surface area contributed by atoms with E-state index >= 15 is 0 Å². The number of nitrogens with zero attached hydrogens (tertiary/aromatic N) is 4. The summed E-state index contributed by atoms with van der Waals surface area (Å²) in [6.45, 7) is 0. The van der Waals surface area contributed by atoms with Gasteiger partial charge in [-0.15, -0.1) is 5.10 Å². The van der Waals surface area contributed by atoms with Gasteiger partial charge in [-0.2, -0.15) is 4.98 Å². The highest BCUT2D eigenvalue weighted by atomic mass is 19.1. The molecule has 0 saturated carbocycles. The molecule has 3 aromatic heterocycles. The molecule has 9 heteroatoms. The molecule has 0 aliphatic heterocycles. The van der Waals surface area contributed by atoms with E-state index in [2.05, 4.69) is 25.1 Å². The summed E-state index contributed by atoms with van der Waals surface area (Å²) in [5.74, 6) is -0.687. The number of anilines is 2. The highest BCUT2D eigenvalue weighted by Gasteiger charge is 2.13. The van der Waals surface area contributed by atoms with Crippen molar-refractivity contribution in [3.05, 3.63) is 66.2 Å². The maximum absolute atomic E-state index is 14.1. The molecule has 0 saturated heterocycles. The van der Waals surface area contributed by atoms with Crippen LogP contribution in [0.2, 0.25) is 0 Å². The smallest absolute Gasteiger partial charge is 0.337 e. The van der Waals surface area contributed by atoms with Crippen molar-refractivity contribution in [1.82, 2.24) is 19.6 Å². The fourth-order valence-electron chi connectivity index (χ4n) is 2.84. The van der Waals surface area contributed by atoms with E-state index in [1.807, 2.05) is 6.07 Å². The first kappa shape index (κ1) is 18.4. The number of pyridine rings is 2. The van der Waals surface area contributed by atoms with Crippen molar-refractivity contribution in [2.75, 3.05) is 19.5 Å². The lowest BCUT2D eigenvalue weighted by molar-refractivity contribution is 0.0601. The van der Waals surface area contributed by atoms with E-state index in [1.54, 1.807) is 41.0 Å². The molecule has 4 rings (SSSR count). The van der Waals surface area contributed by atoms with Crippen LogP contribution < -0.4 is 10.1 Å². The number of hydrogen-bond donors (Lipinski definition) is 1. The number of hydrogen-bond acceptors (Lipinski definition) is 7. The van der Waals surface area contributed by atoms with E-state index in [9.17, 15) is 9.18 Å². The van der Waals surface area contributed by atoms with Crippen molar-refractivity contribution >= 4 is 23.3 Å². The number of fused-ring (bicyclic) bond motifs is 1. The Kier molecular flexibility index (Phi) is 4.78. The zero-order chi connectivity index (χ0) is 20.4. The van der Waals surface area contributed by atoms with Gasteiger partial charge in [0.2, 0.25) is 11.8 Å². The first-order valence-electron chi connectivity index (χ1n) is 8.60. The molecule has 8 nitrogen and oxygen atoms in total. The predicted octanol–water partition coefficient (Wildman–Crippen LogP) is 3.47. The summed E-state index contributed by atoms with van der Waals surface area (Å²) in [5, 5.41) is 7.47. The average Bonchev–Trinajstić information content (AvgIpc) is 3.16. The SMILES string of the molecule is COC(=O)c1ccc(Nc2nc3c(-c4cnc(OC)c(F)c4)cccn3n2)cc1. The topological polar surface area (TPSA) is 90.6 Å². The molecule has 146 valence electrons. The van der Waals surface area contributed by atoms with Crippen LogP contribution in [0, 0.1) is 5.82 Å².